The van der Waals surface area contributed by atoms with Crippen LogP contribution in [0, 0.1) is 0 Å². The molecule has 2 aromatic carbocycles. The van der Waals surface area contributed by atoms with Gasteiger partial charge >= 0.3 is 0 Å². The number of halogens is 1. The van der Waals surface area contributed by atoms with E-state index >= 15 is 0 Å². The van der Waals surface area contributed by atoms with Gasteiger partial charge in [-0.2, -0.15) is 0 Å². The van der Waals surface area contributed by atoms with Crippen LogP contribution in [0.3, 0.4) is 0 Å². The molecular formula is C18H17ClO. The standard InChI is InChI=1S/C18H17ClO/c1-3-12-5-7-13(8-6-12)14-9-15-10-16(4-2)20-18(15)17(19)11-14/h5-11H,3-4H2,1-2H3. The maximum Gasteiger partial charge on any atom is 0.152 e. The second-order valence-electron chi connectivity index (χ2n) is 4.99. The zero-order chi connectivity index (χ0) is 14.1. The fourth-order valence-corrected chi connectivity index (χ4v) is 2.70. The van der Waals surface area contributed by atoms with Crippen LogP contribution in [0.1, 0.15) is 25.2 Å². The Morgan fingerprint density at radius 3 is 2.30 bits per heavy atom. The second-order valence-corrected chi connectivity index (χ2v) is 5.40. The highest BCUT2D eigenvalue weighted by molar-refractivity contribution is 6.35. The summed E-state index contributed by atoms with van der Waals surface area (Å²) in [6, 6.07) is 14.8. The van der Waals surface area contributed by atoms with E-state index in [1.165, 1.54) is 11.1 Å². The van der Waals surface area contributed by atoms with Crippen molar-refractivity contribution in [1.29, 1.82) is 0 Å². The third-order valence-electron chi connectivity index (χ3n) is 3.67. The van der Waals surface area contributed by atoms with E-state index in [1.807, 2.05) is 6.07 Å². The van der Waals surface area contributed by atoms with Crippen molar-refractivity contribution >= 4 is 22.6 Å². The number of fused-ring (bicyclic) bond motifs is 1. The Morgan fingerprint density at radius 2 is 1.65 bits per heavy atom. The zero-order valence-electron chi connectivity index (χ0n) is 11.7. The van der Waals surface area contributed by atoms with E-state index in [4.69, 9.17) is 16.0 Å². The van der Waals surface area contributed by atoms with Crippen molar-refractivity contribution in [3.63, 3.8) is 0 Å². The summed E-state index contributed by atoms with van der Waals surface area (Å²) < 4.78 is 5.74. The van der Waals surface area contributed by atoms with Gasteiger partial charge in [0.05, 0.1) is 5.02 Å². The van der Waals surface area contributed by atoms with E-state index in [0.29, 0.717) is 5.02 Å². The number of rotatable bonds is 3. The lowest BCUT2D eigenvalue weighted by Gasteiger charge is -2.04. The molecule has 0 saturated carbocycles. The molecule has 0 fully saturated rings. The molecule has 2 heteroatoms. The highest BCUT2D eigenvalue weighted by Crippen LogP contribution is 2.33. The maximum atomic E-state index is 6.35. The van der Waals surface area contributed by atoms with Crippen LogP contribution in [0.2, 0.25) is 5.02 Å². The number of aryl methyl sites for hydroxylation is 2. The zero-order valence-corrected chi connectivity index (χ0v) is 12.5. The van der Waals surface area contributed by atoms with Gasteiger partial charge in [0.2, 0.25) is 0 Å². The number of benzene rings is 2. The molecule has 0 aliphatic heterocycles. The van der Waals surface area contributed by atoms with Crippen molar-refractivity contribution in [3.8, 4) is 11.1 Å². The van der Waals surface area contributed by atoms with Crippen LogP contribution >= 0.6 is 11.6 Å². The first-order valence-electron chi connectivity index (χ1n) is 7.02. The molecule has 0 aliphatic carbocycles. The number of hydrogen-bond acceptors (Lipinski definition) is 1. The van der Waals surface area contributed by atoms with E-state index in [-0.39, 0.29) is 0 Å². The lowest BCUT2D eigenvalue weighted by molar-refractivity contribution is 0.557. The largest absolute Gasteiger partial charge is 0.460 e. The minimum Gasteiger partial charge on any atom is -0.460 e. The SMILES string of the molecule is CCc1ccc(-c2cc(Cl)c3oc(CC)cc3c2)cc1. The highest BCUT2D eigenvalue weighted by atomic mass is 35.5. The molecule has 0 bridgehead atoms. The van der Waals surface area contributed by atoms with Crippen molar-refractivity contribution in [2.45, 2.75) is 26.7 Å². The number of hydrogen-bond donors (Lipinski definition) is 0. The molecule has 1 heterocycles. The van der Waals surface area contributed by atoms with Gasteiger partial charge in [-0.05, 0) is 41.3 Å². The molecule has 1 aromatic heterocycles. The normalized spacial score (nSPS) is 11.2. The summed E-state index contributed by atoms with van der Waals surface area (Å²) in [6.07, 6.45) is 1.94. The minimum absolute atomic E-state index is 0.678. The Balaban J connectivity index is 2.10. The molecule has 0 amide bonds. The summed E-state index contributed by atoms with van der Waals surface area (Å²) in [7, 11) is 0. The lowest BCUT2D eigenvalue weighted by atomic mass is 10.0. The minimum atomic E-state index is 0.678. The topological polar surface area (TPSA) is 13.1 Å². The molecule has 0 atom stereocenters. The van der Waals surface area contributed by atoms with Crippen molar-refractivity contribution < 1.29 is 4.42 Å². The smallest absolute Gasteiger partial charge is 0.152 e. The van der Waals surface area contributed by atoms with Crippen molar-refractivity contribution in [3.05, 3.63) is 58.8 Å². The quantitative estimate of drug-likeness (QED) is 0.585. The van der Waals surface area contributed by atoms with Crippen LogP contribution in [-0.4, -0.2) is 0 Å². The Labute approximate surface area is 124 Å². The molecule has 0 unspecified atom stereocenters. The fourth-order valence-electron chi connectivity index (χ4n) is 2.44. The van der Waals surface area contributed by atoms with Crippen LogP contribution < -0.4 is 0 Å². The average Bonchev–Trinajstić information content (AvgIpc) is 2.91. The van der Waals surface area contributed by atoms with Gasteiger partial charge in [0.15, 0.2) is 5.58 Å². The van der Waals surface area contributed by atoms with Gasteiger partial charge in [0, 0.05) is 11.8 Å². The molecule has 0 N–H and O–H groups in total. The Bertz CT molecular complexity index is 738. The fraction of sp³-hybridized carbons (Fsp3) is 0.222. The molecule has 102 valence electrons. The van der Waals surface area contributed by atoms with Crippen LogP contribution in [0.4, 0.5) is 0 Å². The van der Waals surface area contributed by atoms with Crippen LogP contribution in [0.5, 0.6) is 0 Å². The molecule has 0 spiro atoms. The molecule has 3 rings (SSSR count). The predicted molar refractivity (Wildman–Crippen MR) is 85.4 cm³/mol. The predicted octanol–water partition coefficient (Wildman–Crippen LogP) is 5.88. The van der Waals surface area contributed by atoms with Gasteiger partial charge < -0.3 is 4.42 Å². The van der Waals surface area contributed by atoms with Gasteiger partial charge in [0.25, 0.3) is 0 Å². The molecule has 0 aliphatic rings. The van der Waals surface area contributed by atoms with Crippen LogP contribution in [0.25, 0.3) is 22.1 Å². The summed E-state index contributed by atoms with van der Waals surface area (Å²) >= 11 is 6.35. The Kier molecular flexibility index (Phi) is 3.54. The second kappa shape index (κ2) is 5.34. The van der Waals surface area contributed by atoms with Gasteiger partial charge in [0.1, 0.15) is 5.76 Å². The molecule has 3 aromatic rings. The summed E-state index contributed by atoms with van der Waals surface area (Å²) in [4.78, 5) is 0. The Hall–Kier alpha value is -1.73. The first-order valence-corrected chi connectivity index (χ1v) is 7.40. The average molecular weight is 285 g/mol. The van der Waals surface area contributed by atoms with E-state index in [1.54, 1.807) is 0 Å². The summed E-state index contributed by atoms with van der Waals surface area (Å²) in [5.41, 5.74) is 4.45. The van der Waals surface area contributed by atoms with Crippen LogP contribution in [-0.2, 0) is 12.8 Å². The van der Waals surface area contributed by atoms with Gasteiger partial charge in [-0.25, -0.2) is 0 Å². The van der Waals surface area contributed by atoms with Gasteiger partial charge in [-0.15, -0.1) is 0 Å². The molecular weight excluding hydrogens is 268 g/mol. The van der Waals surface area contributed by atoms with Crippen LogP contribution in [0.15, 0.2) is 46.9 Å². The molecule has 1 nitrogen and oxygen atoms in total. The number of furan rings is 1. The summed E-state index contributed by atoms with van der Waals surface area (Å²) in [5, 5.41) is 1.75. The third kappa shape index (κ3) is 2.34. The van der Waals surface area contributed by atoms with E-state index in [0.717, 1.165) is 35.1 Å². The van der Waals surface area contributed by atoms with Gasteiger partial charge in [-0.3, -0.25) is 0 Å². The highest BCUT2D eigenvalue weighted by Gasteiger charge is 2.09. The summed E-state index contributed by atoms with van der Waals surface area (Å²) in [6.45, 7) is 4.24. The monoisotopic (exact) mass is 284 g/mol. The van der Waals surface area contributed by atoms with Gasteiger partial charge in [-0.1, -0.05) is 49.7 Å². The lowest BCUT2D eigenvalue weighted by Crippen LogP contribution is -1.82. The van der Waals surface area contributed by atoms with Crippen molar-refractivity contribution in [1.82, 2.24) is 0 Å². The van der Waals surface area contributed by atoms with E-state index in [2.05, 4.69) is 50.2 Å². The molecule has 20 heavy (non-hydrogen) atoms. The molecule has 0 saturated heterocycles. The van der Waals surface area contributed by atoms with Crippen molar-refractivity contribution in [2.75, 3.05) is 0 Å². The van der Waals surface area contributed by atoms with E-state index in [9.17, 15) is 0 Å². The Morgan fingerprint density at radius 1 is 0.900 bits per heavy atom. The van der Waals surface area contributed by atoms with E-state index < -0.39 is 0 Å². The van der Waals surface area contributed by atoms with Crippen molar-refractivity contribution in [2.24, 2.45) is 0 Å². The first-order chi connectivity index (χ1) is 9.71. The first kappa shape index (κ1) is 13.3. The summed E-state index contributed by atoms with van der Waals surface area (Å²) in [5.74, 6) is 0.973. The maximum absolute atomic E-state index is 6.35. The third-order valence-corrected chi connectivity index (χ3v) is 3.95. The molecule has 0 radical (unpaired) electrons.